The monoisotopic (exact) mass is 537 g/mol. The van der Waals surface area contributed by atoms with Gasteiger partial charge in [-0.15, -0.1) is 0 Å². The second kappa shape index (κ2) is 11.7. The third kappa shape index (κ3) is 5.52. The van der Waals surface area contributed by atoms with E-state index in [4.69, 9.17) is 26.3 Å². The van der Waals surface area contributed by atoms with E-state index in [1.165, 1.54) is 12.5 Å². The van der Waals surface area contributed by atoms with Crippen molar-refractivity contribution in [1.82, 2.24) is 24.7 Å². The molecule has 0 radical (unpaired) electrons. The molecule has 5 rings (SSSR count). The van der Waals surface area contributed by atoms with Crippen LogP contribution in [0.15, 0.2) is 35.5 Å². The zero-order valence-corrected chi connectivity index (χ0v) is 22.9. The molecule has 1 unspecified atom stereocenters. The van der Waals surface area contributed by atoms with Gasteiger partial charge in [-0.1, -0.05) is 30.3 Å². The van der Waals surface area contributed by atoms with Crippen molar-refractivity contribution in [3.63, 3.8) is 0 Å². The standard InChI is InChI=1S/C28H36ClN7O2/c1-3-26(37)36-16-15-35(17-20(36)10-12-30)27-22-11-14-34(25-9-5-4-8-23(25)29)18-24(22)31-28(32-27)38-19-21-7-6-13-33(21)2/h3,8-9,20-21H,1,4-7,10-11,13-19H2,2H3/t20?,21-/m0/s1. The summed E-state index contributed by atoms with van der Waals surface area (Å²) in [5.74, 6) is 0.720. The fourth-order valence-electron chi connectivity index (χ4n) is 5.93. The lowest BCUT2D eigenvalue weighted by molar-refractivity contribution is -0.128. The molecule has 0 saturated carbocycles. The molecule has 10 heteroatoms. The van der Waals surface area contributed by atoms with E-state index in [-0.39, 0.29) is 18.4 Å². The van der Waals surface area contributed by atoms with Crippen molar-refractivity contribution in [2.45, 2.75) is 57.2 Å². The fourth-order valence-corrected chi connectivity index (χ4v) is 6.23. The van der Waals surface area contributed by atoms with Crippen molar-refractivity contribution in [3.05, 3.63) is 46.8 Å². The summed E-state index contributed by atoms with van der Waals surface area (Å²) in [6.07, 6.45) is 10.9. The lowest BCUT2D eigenvalue weighted by atomic mass is 10.0. The average molecular weight is 538 g/mol. The van der Waals surface area contributed by atoms with Crippen molar-refractivity contribution < 1.29 is 9.53 Å². The van der Waals surface area contributed by atoms with E-state index in [9.17, 15) is 10.1 Å². The summed E-state index contributed by atoms with van der Waals surface area (Å²) in [5.41, 5.74) is 3.14. The van der Waals surface area contributed by atoms with Crippen molar-refractivity contribution in [3.8, 4) is 12.1 Å². The van der Waals surface area contributed by atoms with Crippen LogP contribution in [0.3, 0.4) is 0 Å². The molecule has 0 spiro atoms. The fraction of sp³-hybridized carbons (Fsp3) is 0.571. The number of aromatic nitrogens is 2. The molecular formula is C28H36ClN7O2. The molecule has 4 aliphatic rings. The van der Waals surface area contributed by atoms with Crippen molar-refractivity contribution in [2.75, 3.05) is 51.3 Å². The maximum absolute atomic E-state index is 12.4. The van der Waals surface area contributed by atoms with E-state index in [1.54, 1.807) is 4.90 Å². The number of amides is 1. The number of nitrogens with zero attached hydrogens (tertiary/aromatic N) is 7. The van der Waals surface area contributed by atoms with Crippen LogP contribution in [0.2, 0.25) is 0 Å². The molecule has 202 valence electrons. The van der Waals surface area contributed by atoms with Crippen LogP contribution >= 0.6 is 11.6 Å². The molecule has 2 atom stereocenters. The molecule has 9 nitrogen and oxygen atoms in total. The molecule has 3 aliphatic heterocycles. The molecule has 1 aromatic rings. The van der Waals surface area contributed by atoms with Crippen LogP contribution in [-0.4, -0.2) is 89.0 Å². The van der Waals surface area contributed by atoms with Crippen LogP contribution in [-0.2, 0) is 17.8 Å². The Labute approximate surface area is 230 Å². The minimum absolute atomic E-state index is 0.138. The quantitative estimate of drug-likeness (QED) is 0.490. The van der Waals surface area contributed by atoms with Gasteiger partial charge < -0.3 is 24.3 Å². The van der Waals surface area contributed by atoms with Crippen LogP contribution in [0, 0.1) is 11.3 Å². The number of halogens is 1. The van der Waals surface area contributed by atoms with Gasteiger partial charge in [-0.2, -0.15) is 15.2 Å². The molecule has 1 aliphatic carbocycles. The number of hydrogen-bond donors (Lipinski definition) is 0. The van der Waals surface area contributed by atoms with Gasteiger partial charge in [0.05, 0.1) is 41.5 Å². The van der Waals surface area contributed by atoms with Gasteiger partial charge in [0.1, 0.15) is 12.4 Å². The van der Waals surface area contributed by atoms with Crippen LogP contribution in [0.5, 0.6) is 6.01 Å². The van der Waals surface area contributed by atoms with E-state index < -0.39 is 0 Å². The predicted molar refractivity (Wildman–Crippen MR) is 147 cm³/mol. The van der Waals surface area contributed by atoms with Gasteiger partial charge in [-0.25, -0.2) is 0 Å². The van der Waals surface area contributed by atoms with E-state index >= 15 is 0 Å². The Morgan fingerprint density at radius 3 is 2.79 bits per heavy atom. The van der Waals surface area contributed by atoms with Crippen molar-refractivity contribution >= 4 is 23.3 Å². The zero-order valence-electron chi connectivity index (χ0n) is 22.1. The minimum atomic E-state index is -0.224. The highest BCUT2D eigenvalue weighted by atomic mass is 35.5. The summed E-state index contributed by atoms with van der Waals surface area (Å²) in [5, 5.41) is 10.2. The summed E-state index contributed by atoms with van der Waals surface area (Å²) >= 11 is 6.58. The molecule has 2 saturated heterocycles. The molecule has 0 bridgehead atoms. The lowest BCUT2D eigenvalue weighted by Crippen LogP contribution is -2.55. The Morgan fingerprint density at radius 2 is 2.05 bits per heavy atom. The van der Waals surface area contributed by atoms with Gasteiger partial charge in [-0.3, -0.25) is 4.79 Å². The molecule has 1 amide bonds. The average Bonchev–Trinajstić information content (AvgIpc) is 3.35. The lowest BCUT2D eigenvalue weighted by Gasteiger charge is -2.42. The van der Waals surface area contributed by atoms with Crippen molar-refractivity contribution in [1.29, 1.82) is 5.26 Å². The molecule has 0 aromatic carbocycles. The number of anilines is 1. The molecule has 0 N–H and O–H groups in total. The highest BCUT2D eigenvalue weighted by molar-refractivity contribution is 6.32. The third-order valence-electron chi connectivity index (χ3n) is 8.08. The van der Waals surface area contributed by atoms with E-state index in [2.05, 4.69) is 46.5 Å². The van der Waals surface area contributed by atoms with Crippen LogP contribution in [0.4, 0.5) is 5.82 Å². The van der Waals surface area contributed by atoms with E-state index in [0.717, 1.165) is 66.6 Å². The molecule has 4 heterocycles. The van der Waals surface area contributed by atoms with Gasteiger partial charge in [0.2, 0.25) is 5.91 Å². The second-order valence-electron chi connectivity index (χ2n) is 10.4. The first-order valence-corrected chi connectivity index (χ1v) is 13.9. The van der Waals surface area contributed by atoms with E-state index in [1.807, 2.05) is 0 Å². The first kappa shape index (κ1) is 26.5. The summed E-state index contributed by atoms with van der Waals surface area (Å²) < 4.78 is 6.22. The summed E-state index contributed by atoms with van der Waals surface area (Å²) in [4.78, 5) is 30.8. The summed E-state index contributed by atoms with van der Waals surface area (Å²) in [7, 11) is 2.13. The second-order valence-corrected chi connectivity index (χ2v) is 10.8. The molecular weight excluding hydrogens is 502 g/mol. The van der Waals surface area contributed by atoms with Gasteiger partial charge in [0.15, 0.2) is 0 Å². The van der Waals surface area contributed by atoms with Crippen LogP contribution in [0.25, 0.3) is 0 Å². The first-order valence-electron chi connectivity index (χ1n) is 13.6. The number of carbonyl (C=O) groups excluding carboxylic acids is 1. The highest BCUT2D eigenvalue weighted by Gasteiger charge is 2.34. The predicted octanol–water partition coefficient (Wildman–Crippen LogP) is 3.22. The molecule has 38 heavy (non-hydrogen) atoms. The Hall–Kier alpha value is -3.09. The number of piperazine rings is 1. The highest BCUT2D eigenvalue weighted by Crippen LogP contribution is 2.34. The van der Waals surface area contributed by atoms with Gasteiger partial charge in [0.25, 0.3) is 0 Å². The summed E-state index contributed by atoms with van der Waals surface area (Å²) in [6, 6.07) is 2.77. The van der Waals surface area contributed by atoms with Crippen LogP contribution < -0.4 is 9.64 Å². The van der Waals surface area contributed by atoms with Gasteiger partial charge in [-0.05, 0) is 51.8 Å². The normalized spacial score (nSPS) is 23.9. The third-order valence-corrected chi connectivity index (χ3v) is 8.43. The maximum Gasteiger partial charge on any atom is 0.318 e. The zero-order chi connectivity index (χ0) is 26.6. The maximum atomic E-state index is 12.4. The van der Waals surface area contributed by atoms with Crippen molar-refractivity contribution in [2.24, 2.45) is 0 Å². The number of nitriles is 1. The SMILES string of the molecule is C=CC(=O)N1CCN(c2nc(OC[C@@H]3CCCN3C)nc3c2CCN(C2=CCCC=C2Cl)C3)CC1CC#N. The Balaban J connectivity index is 1.43. The number of likely N-dealkylation sites (N-methyl/N-ethyl adjacent to an activating group) is 1. The smallest absolute Gasteiger partial charge is 0.318 e. The summed E-state index contributed by atoms with van der Waals surface area (Å²) in [6.45, 7) is 8.39. The molecule has 2 fully saturated rings. The number of fused-ring (bicyclic) bond motifs is 1. The number of ether oxygens (including phenoxy) is 1. The number of carbonyl (C=O) groups is 1. The molecule has 1 aromatic heterocycles. The Morgan fingerprint density at radius 1 is 1.21 bits per heavy atom. The minimum Gasteiger partial charge on any atom is -0.462 e. The van der Waals surface area contributed by atoms with Gasteiger partial charge in [0, 0.05) is 37.8 Å². The Kier molecular flexibility index (Phi) is 8.20. The van der Waals surface area contributed by atoms with Gasteiger partial charge >= 0.3 is 6.01 Å². The number of allylic oxidation sites excluding steroid dienone is 3. The van der Waals surface area contributed by atoms with Crippen LogP contribution in [0.1, 0.15) is 43.4 Å². The number of likely N-dealkylation sites (tertiary alicyclic amines) is 1. The topological polar surface area (TPSA) is 88.8 Å². The number of rotatable bonds is 7. The number of hydrogen-bond acceptors (Lipinski definition) is 8. The Bertz CT molecular complexity index is 1180. The largest absolute Gasteiger partial charge is 0.462 e. The first-order chi connectivity index (χ1) is 18.5. The van der Waals surface area contributed by atoms with E-state index in [0.29, 0.717) is 44.8 Å².